The van der Waals surface area contributed by atoms with E-state index in [1.807, 2.05) is 26.0 Å². The zero-order valence-electron chi connectivity index (χ0n) is 9.14. The highest BCUT2D eigenvalue weighted by atomic mass is 35.5. The van der Waals surface area contributed by atoms with Crippen molar-refractivity contribution in [1.82, 2.24) is 5.32 Å². The molecule has 1 N–H and O–H groups in total. The number of hydrogen-bond donors (Lipinski definition) is 1. The lowest BCUT2D eigenvalue weighted by molar-refractivity contribution is 0.223. The Labute approximate surface area is 95.6 Å². The van der Waals surface area contributed by atoms with Crippen molar-refractivity contribution in [2.45, 2.75) is 26.4 Å². The molecule has 0 aliphatic carbocycles. The van der Waals surface area contributed by atoms with Crippen LogP contribution in [0, 0.1) is 13.8 Å². The van der Waals surface area contributed by atoms with Gasteiger partial charge in [0.25, 0.3) is 0 Å². The van der Waals surface area contributed by atoms with Gasteiger partial charge in [-0.2, -0.15) is 0 Å². The molecule has 0 aromatic heterocycles. The van der Waals surface area contributed by atoms with E-state index in [4.69, 9.17) is 16.3 Å². The summed E-state index contributed by atoms with van der Waals surface area (Å²) in [5, 5.41) is 4.12. The molecule has 0 bridgehead atoms. The third kappa shape index (κ3) is 2.44. The fourth-order valence-electron chi connectivity index (χ4n) is 1.90. The van der Waals surface area contributed by atoms with Gasteiger partial charge >= 0.3 is 0 Å². The summed E-state index contributed by atoms with van der Waals surface area (Å²) in [7, 11) is 0. The average Bonchev–Trinajstić information content (AvgIpc) is 2.66. The number of rotatable bonds is 2. The second-order valence-corrected chi connectivity index (χ2v) is 4.48. The summed E-state index contributed by atoms with van der Waals surface area (Å²) in [6.45, 7) is 6.02. The SMILES string of the molecule is Cc1cc(O[C@@H]2CCNC2)cc(C)c1Cl. The maximum Gasteiger partial charge on any atom is 0.120 e. The van der Waals surface area contributed by atoms with Gasteiger partial charge in [0.1, 0.15) is 11.9 Å². The number of aryl methyl sites for hydroxylation is 2. The van der Waals surface area contributed by atoms with Gasteiger partial charge in [0.2, 0.25) is 0 Å². The summed E-state index contributed by atoms with van der Waals surface area (Å²) in [5.41, 5.74) is 2.16. The van der Waals surface area contributed by atoms with Gasteiger partial charge in [0, 0.05) is 11.6 Å². The third-order valence-corrected chi connectivity index (χ3v) is 3.32. The first-order valence-corrected chi connectivity index (χ1v) is 5.69. The van der Waals surface area contributed by atoms with Crippen molar-refractivity contribution in [2.24, 2.45) is 0 Å². The maximum atomic E-state index is 6.10. The lowest BCUT2D eigenvalue weighted by Gasteiger charge is -2.14. The number of halogens is 1. The van der Waals surface area contributed by atoms with E-state index in [2.05, 4.69) is 5.32 Å². The molecule has 1 heterocycles. The van der Waals surface area contributed by atoms with Crippen LogP contribution in [0.25, 0.3) is 0 Å². The van der Waals surface area contributed by atoms with Crippen molar-refractivity contribution in [3.05, 3.63) is 28.3 Å². The fourth-order valence-corrected chi connectivity index (χ4v) is 2.00. The van der Waals surface area contributed by atoms with E-state index in [-0.39, 0.29) is 0 Å². The van der Waals surface area contributed by atoms with Gasteiger partial charge in [0.05, 0.1) is 0 Å². The summed E-state index contributed by atoms with van der Waals surface area (Å²) < 4.78 is 5.87. The number of benzene rings is 1. The highest BCUT2D eigenvalue weighted by Gasteiger charge is 2.16. The second-order valence-electron chi connectivity index (χ2n) is 4.10. The Balaban J connectivity index is 2.14. The number of ether oxygens (including phenoxy) is 1. The summed E-state index contributed by atoms with van der Waals surface area (Å²) in [6, 6.07) is 4.02. The Morgan fingerprint density at radius 1 is 1.33 bits per heavy atom. The Morgan fingerprint density at radius 2 is 2.00 bits per heavy atom. The largest absolute Gasteiger partial charge is 0.489 e. The van der Waals surface area contributed by atoms with Crippen LogP contribution in [-0.2, 0) is 0 Å². The summed E-state index contributed by atoms with van der Waals surface area (Å²) in [4.78, 5) is 0. The van der Waals surface area contributed by atoms with Crippen LogP contribution in [0.5, 0.6) is 5.75 Å². The van der Waals surface area contributed by atoms with E-state index in [9.17, 15) is 0 Å². The smallest absolute Gasteiger partial charge is 0.120 e. The van der Waals surface area contributed by atoms with Crippen molar-refractivity contribution < 1.29 is 4.74 Å². The van der Waals surface area contributed by atoms with Crippen molar-refractivity contribution in [1.29, 1.82) is 0 Å². The van der Waals surface area contributed by atoms with E-state index in [1.165, 1.54) is 0 Å². The summed E-state index contributed by atoms with van der Waals surface area (Å²) in [6.07, 6.45) is 1.39. The molecular weight excluding hydrogens is 210 g/mol. The highest BCUT2D eigenvalue weighted by molar-refractivity contribution is 6.32. The Bertz CT molecular complexity index is 336. The molecular formula is C12H16ClNO. The molecule has 1 aromatic carbocycles. The van der Waals surface area contributed by atoms with E-state index >= 15 is 0 Å². The minimum absolute atomic E-state index is 0.310. The number of hydrogen-bond acceptors (Lipinski definition) is 2. The Hall–Kier alpha value is -0.730. The van der Waals surface area contributed by atoms with Crippen LogP contribution in [0.4, 0.5) is 0 Å². The van der Waals surface area contributed by atoms with Crippen molar-refractivity contribution in [2.75, 3.05) is 13.1 Å². The standard InChI is InChI=1S/C12H16ClNO/c1-8-5-11(6-9(2)12(8)13)15-10-3-4-14-7-10/h5-6,10,14H,3-4,7H2,1-2H3/t10-/m1/s1. The van der Waals surface area contributed by atoms with E-state index < -0.39 is 0 Å². The summed E-state index contributed by atoms with van der Waals surface area (Å²) >= 11 is 6.10. The fraction of sp³-hybridized carbons (Fsp3) is 0.500. The first-order valence-electron chi connectivity index (χ1n) is 5.31. The Kier molecular flexibility index (Phi) is 3.17. The molecule has 0 radical (unpaired) electrons. The molecule has 82 valence electrons. The molecule has 1 fully saturated rings. The molecule has 2 rings (SSSR count). The molecule has 1 aliphatic rings. The van der Waals surface area contributed by atoms with Crippen LogP contribution in [0.1, 0.15) is 17.5 Å². The highest BCUT2D eigenvalue weighted by Crippen LogP contribution is 2.26. The van der Waals surface area contributed by atoms with Gasteiger partial charge in [-0.05, 0) is 50.1 Å². The Morgan fingerprint density at radius 3 is 2.53 bits per heavy atom. The van der Waals surface area contributed by atoms with Crippen LogP contribution in [-0.4, -0.2) is 19.2 Å². The molecule has 0 amide bonds. The third-order valence-electron chi connectivity index (χ3n) is 2.73. The lowest BCUT2D eigenvalue weighted by atomic mass is 10.1. The lowest BCUT2D eigenvalue weighted by Crippen LogP contribution is -2.19. The van der Waals surface area contributed by atoms with Crippen LogP contribution in [0.3, 0.4) is 0 Å². The zero-order valence-corrected chi connectivity index (χ0v) is 9.90. The first kappa shape index (κ1) is 10.8. The van der Waals surface area contributed by atoms with Gasteiger partial charge in [-0.25, -0.2) is 0 Å². The average molecular weight is 226 g/mol. The number of nitrogens with one attached hydrogen (secondary N) is 1. The van der Waals surface area contributed by atoms with Gasteiger partial charge in [-0.1, -0.05) is 11.6 Å². The zero-order chi connectivity index (χ0) is 10.8. The monoisotopic (exact) mass is 225 g/mol. The van der Waals surface area contributed by atoms with Gasteiger partial charge < -0.3 is 10.1 Å². The predicted octanol–water partition coefficient (Wildman–Crippen LogP) is 2.70. The molecule has 0 spiro atoms. The molecule has 2 nitrogen and oxygen atoms in total. The van der Waals surface area contributed by atoms with Gasteiger partial charge in [-0.15, -0.1) is 0 Å². The van der Waals surface area contributed by atoms with Crippen LogP contribution < -0.4 is 10.1 Å². The van der Waals surface area contributed by atoms with Crippen LogP contribution in [0.2, 0.25) is 5.02 Å². The van der Waals surface area contributed by atoms with Crippen LogP contribution >= 0.6 is 11.6 Å². The van der Waals surface area contributed by atoms with E-state index in [1.54, 1.807) is 0 Å². The predicted molar refractivity (Wildman–Crippen MR) is 62.8 cm³/mol. The van der Waals surface area contributed by atoms with Crippen molar-refractivity contribution in [3.63, 3.8) is 0 Å². The normalized spacial score (nSPS) is 20.6. The van der Waals surface area contributed by atoms with E-state index in [0.29, 0.717) is 6.10 Å². The maximum absolute atomic E-state index is 6.10. The minimum atomic E-state index is 0.310. The summed E-state index contributed by atoms with van der Waals surface area (Å²) in [5.74, 6) is 0.933. The quantitative estimate of drug-likeness (QED) is 0.836. The van der Waals surface area contributed by atoms with Gasteiger partial charge in [0.15, 0.2) is 0 Å². The first-order chi connectivity index (χ1) is 7.16. The van der Waals surface area contributed by atoms with Gasteiger partial charge in [-0.3, -0.25) is 0 Å². The van der Waals surface area contributed by atoms with Crippen molar-refractivity contribution >= 4 is 11.6 Å². The molecule has 1 aliphatic heterocycles. The molecule has 1 saturated heterocycles. The van der Waals surface area contributed by atoms with Crippen LogP contribution in [0.15, 0.2) is 12.1 Å². The molecule has 0 saturated carbocycles. The molecule has 15 heavy (non-hydrogen) atoms. The molecule has 0 unspecified atom stereocenters. The van der Waals surface area contributed by atoms with Crippen molar-refractivity contribution in [3.8, 4) is 5.75 Å². The molecule has 3 heteroatoms. The minimum Gasteiger partial charge on any atom is -0.489 e. The topological polar surface area (TPSA) is 21.3 Å². The molecule has 1 atom stereocenters. The van der Waals surface area contributed by atoms with E-state index in [0.717, 1.165) is 41.4 Å². The second kappa shape index (κ2) is 4.42. The molecule has 1 aromatic rings.